The van der Waals surface area contributed by atoms with Gasteiger partial charge in [0.1, 0.15) is 23.5 Å². The second-order valence-electron chi connectivity index (χ2n) is 6.92. The van der Waals surface area contributed by atoms with Crippen LogP contribution in [0.2, 0.25) is 5.02 Å². The van der Waals surface area contributed by atoms with Gasteiger partial charge in [0.05, 0.1) is 7.11 Å². The second-order valence-corrected chi connectivity index (χ2v) is 7.33. The van der Waals surface area contributed by atoms with Crippen molar-refractivity contribution in [1.29, 1.82) is 10.5 Å². The van der Waals surface area contributed by atoms with Crippen LogP contribution in [0.1, 0.15) is 11.1 Å². The minimum Gasteiger partial charge on any atom is -0.497 e. The lowest BCUT2D eigenvalue weighted by Gasteiger charge is -2.14. The van der Waals surface area contributed by atoms with E-state index in [1.165, 1.54) is 0 Å². The number of nitrogens with zero attached hydrogens (tertiary/aromatic N) is 2. The standard InChI is InChI=1S/C27H17ClN2O/c1-31-23-14-12-21(13-15-23)26(20-10-8-18(9-11-20)22(16-29)17-30)24-6-2-4-19-5-3-7-25(28)27(19)24/h2-15H,1H3. The van der Waals surface area contributed by atoms with Gasteiger partial charge < -0.3 is 4.74 Å². The van der Waals surface area contributed by atoms with Gasteiger partial charge in [0.25, 0.3) is 0 Å². The number of ether oxygens (including phenoxy) is 1. The van der Waals surface area contributed by atoms with Crippen LogP contribution in [0.15, 0.2) is 84.9 Å². The van der Waals surface area contributed by atoms with E-state index in [9.17, 15) is 10.5 Å². The Bertz CT molecular complexity index is 1450. The van der Waals surface area contributed by atoms with Gasteiger partial charge in [0.2, 0.25) is 0 Å². The van der Waals surface area contributed by atoms with E-state index in [2.05, 4.69) is 6.07 Å². The van der Waals surface area contributed by atoms with Gasteiger partial charge >= 0.3 is 0 Å². The van der Waals surface area contributed by atoms with Crippen molar-refractivity contribution in [2.24, 2.45) is 0 Å². The first-order valence-electron chi connectivity index (χ1n) is 9.63. The second kappa shape index (κ2) is 8.76. The van der Waals surface area contributed by atoms with Gasteiger partial charge in [-0.3, -0.25) is 0 Å². The van der Waals surface area contributed by atoms with Crippen LogP contribution in [0.3, 0.4) is 0 Å². The molecule has 0 bridgehead atoms. The Kier molecular flexibility index (Phi) is 5.72. The molecule has 4 aromatic rings. The highest BCUT2D eigenvalue weighted by atomic mass is 35.5. The lowest BCUT2D eigenvalue weighted by Crippen LogP contribution is -2.13. The largest absolute Gasteiger partial charge is 0.497 e. The van der Waals surface area contributed by atoms with E-state index in [0.717, 1.165) is 38.4 Å². The van der Waals surface area contributed by atoms with Gasteiger partial charge in [-0.25, -0.2) is 0 Å². The zero-order valence-electron chi connectivity index (χ0n) is 16.8. The summed E-state index contributed by atoms with van der Waals surface area (Å²) in [5, 5.41) is 22.6. The number of methoxy groups -OCH3 is 1. The topological polar surface area (TPSA) is 56.8 Å². The molecule has 0 aliphatic rings. The van der Waals surface area contributed by atoms with E-state index in [0.29, 0.717) is 10.2 Å². The fourth-order valence-corrected chi connectivity index (χ4v) is 3.98. The summed E-state index contributed by atoms with van der Waals surface area (Å²) in [6, 6.07) is 31.2. The van der Waals surface area contributed by atoms with Crippen molar-refractivity contribution < 1.29 is 4.74 Å². The minimum absolute atomic E-state index is 0.0887. The maximum Gasteiger partial charge on any atom is 0.136 e. The highest BCUT2D eigenvalue weighted by Crippen LogP contribution is 2.33. The first-order valence-corrected chi connectivity index (χ1v) is 10.0. The predicted octanol–water partition coefficient (Wildman–Crippen LogP) is 4.95. The third kappa shape index (κ3) is 3.88. The molecular formula is C27H17ClN2O. The van der Waals surface area contributed by atoms with Crippen LogP contribution in [-0.4, -0.2) is 7.11 Å². The van der Waals surface area contributed by atoms with Crippen molar-refractivity contribution in [1.82, 2.24) is 0 Å². The Morgan fingerprint density at radius 3 is 2.00 bits per heavy atom. The van der Waals surface area contributed by atoms with Gasteiger partial charge in [-0.15, -0.1) is 0 Å². The minimum atomic E-state index is 0.0887. The molecule has 3 nitrogen and oxygen atoms in total. The quantitative estimate of drug-likeness (QED) is 0.471. The summed E-state index contributed by atoms with van der Waals surface area (Å²) in [6.07, 6.45) is 0. The molecule has 4 rings (SSSR count). The molecule has 0 saturated carbocycles. The Morgan fingerprint density at radius 1 is 0.774 bits per heavy atom. The molecule has 0 spiro atoms. The fraction of sp³-hybridized carbons (Fsp3) is 0.0370. The summed E-state index contributed by atoms with van der Waals surface area (Å²) in [7, 11) is 1.64. The third-order valence-electron chi connectivity index (χ3n) is 5.19. The maximum absolute atomic E-state index is 9.17. The number of fused-ring (bicyclic) bond motifs is 1. The van der Waals surface area contributed by atoms with Crippen molar-refractivity contribution >= 4 is 33.5 Å². The molecule has 4 heteroatoms. The average molecular weight is 421 g/mol. The normalized spacial score (nSPS) is 10.2. The van der Waals surface area contributed by atoms with Crippen molar-refractivity contribution in [3.63, 3.8) is 0 Å². The Labute approximate surface area is 185 Å². The number of hydrogen-bond acceptors (Lipinski definition) is 3. The van der Waals surface area contributed by atoms with Gasteiger partial charge in [0, 0.05) is 15.6 Å². The van der Waals surface area contributed by atoms with Gasteiger partial charge in [0.15, 0.2) is 0 Å². The molecular weight excluding hydrogens is 404 g/mol. The maximum atomic E-state index is 9.17. The van der Waals surface area contributed by atoms with Crippen LogP contribution in [0.5, 0.6) is 5.75 Å². The summed E-state index contributed by atoms with van der Waals surface area (Å²) in [6.45, 7) is 0. The van der Waals surface area contributed by atoms with Crippen molar-refractivity contribution in [2.75, 3.05) is 7.11 Å². The lowest BCUT2D eigenvalue weighted by atomic mass is 9.91. The molecule has 0 heterocycles. The van der Waals surface area contributed by atoms with Crippen LogP contribution in [-0.2, 0) is 0 Å². The number of halogens is 1. The molecule has 0 atom stereocenters. The van der Waals surface area contributed by atoms with Crippen molar-refractivity contribution in [3.05, 3.63) is 112 Å². The molecule has 148 valence electrons. The van der Waals surface area contributed by atoms with Crippen LogP contribution in [0.25, 0.3) is 21.9 Å². The summed E-state index contributed by atoms with van der Waals surface area (Å²) < 4.78 is 5.32. The first-order chi connectivity index (χ1) is 15.2. The highest BCUT2D eigenvalue weighted by Gasteiger charge is 2.13. The monoisotopic (exact) mass is 420 g/mol. The van der Waals surface area contributed by atoms with E-state index in [1.54, 1.807) is 19.2 Å². The van der Waals surface area contributed by atoms with Gasteiger partial charge in [-0.1, -0.05) is 78.3 Å². The van der Waals surface area contributed by atoms with E-state index < -0.39 is 0 Å². The summed E-state index contributed by atoms with van der Waals surface area (Å²) in [5.74, 6) is 0.775. The molecule has 0 aliphatic carbocycles. The molecule has 0 N–H and O–H groups in total. The first kappa shape index (κ1) is 20.2. The van der Waals surface area contributed by atoms with Crippen molar-refractivity contribution in [3.8, 4) is 17.9 Å². The molecule has 0 aliphatic heterocycles. The van der Waals surface area contributed by atoms with E-state index >= 15 is 0 Å². The molecule has 4 aromatic carbocycles. The lowest BCUT2D eigenvalue weighted by molar-refractivity contribution is 0.415. The molecule has 0 amide bonds. The predicted molar refractivity (Wildman–Crippen MR) is 124 cm³/mol. The Balaban J connectivity index is 2.10. The molecule has 0 aromatic heterocycles. The molecule has 0 radical (unpaired) electrons. The molecule has 31 heavy (non-hydrogen) atoms. The smallest absolute Gasteiger partial charge is 0.136 e. The Morgan fingerprint density at radius 2 is 1.39 bits per heavy atom. The number of benzene rings is 4. The highest BCUT2D eigenvalue weighted by molar-refractivity contribution is 6.36. The molecule has 0 fully saturated rings. The SMILES string of the molecule is COc1ccc(C(c2cccc3cccc(Cl)c23)=c2ccc(=C(C#N)C#N)cc2)cc1. The number of nitriles is 2. The van der Waals surface area contributed by atoms with Crippen LogP contribution in [0.4, 0.5) is 0 Å². The average Bonchev–Trinajstić information content (AvgIpc) is 2.82. The van der Waals surface area contributed by atoms with E-state index in [1.807, 2.05) is 78.9 Å². The third-order valence-corrected chi connectivity index (χ3v) is 5.50. The Hall–Kier alpha value is -4.05. The van der Waals surface area contributed by atoms with E-state index in [-0.39, 0.29) is 5.57 Å². The summed E-state index contributed by atoms with van der Waals surface area (Å²) in [5.41, 5.74) is 3.10. The van der Waals surface area contributed by atoms with Gasteiger partial charge in [-0.2, -0.15) is 10.5 Å². The van der Waals surface area contributed by atoms with Crippen LogP contribution < -0.4 is 15.2 Å². The molecule has 0 saturated heterocycles. The fourth-order valence-electron chi connectivity index (χ4n) is 3.70. The summed E-state index contributed by atoms with van der Waals surface area (Å²) in [4.78, 5) is 0. The van der Waals surface area contributed by atoms with E-state index in [4.69, 9.17) is 16.3 Å². The zero-order valence-corrected chi connectivity index (χ0v) is 17.5. The van der Waals surface area contributed by atoms with Crippen LogP contribution >= 0.6 is 11.6 Å². The van der Waals surface area contributed by atoms with Gasteiger partial charge in [-0.05, 0) is 45.5 Å². The number of rotatable bonds is 3. The number of hydrogen-bond donors (Lipinski definition) is 0. The molecule has 0 unspecified atom stereocenters. The zero-order chi connectivity index (χ0) is 21.8. The van der Waals surface area contributed by atoms with Crippen molar-refractivity contribution in [2.45, 2.75) is 0 Å². The summed E-state index contributed by atoms with van der Waals surface area (Å²) >= 11 is 6.62. The van der Waals surface area contributed by atoms with Crippen LogP contribution in [0, 0.1) is 22.7 Å².